The monoisotopic (exact) mass is 257 g/mol. The first-order chi connectivity index (χ1) is 8.69. The molecule has 0 spiro atoms. The average molecular weight is 258 g/mol. The zero-order chi connectivity index (χ0) is 13.0. The van der Waals surface area contributed by atoms with Crippen molar-refractivity contribution in [2.75, 3.05) is 0 Å². The number of ether oxygens (including phenoxy) is 1. The molecule has 0 N–H and O–H groups in total. The standard InChI is InChI=1S/C14H8ClNO2/c15-12-2-1-3-13(8-12)18-14(17)11-6-4-10(9-16)5-7-11/h1-8H. The molecule has 2 aromatic carbocycles. The molecule has 0 atom stereocenters. The fourth-order valence-electron chi connectivity index (χ4n) is 1.38. The molecule has 0 aliphatic rings. The maximum absolute atomic E-state index is 11.8. The van der Waals surface area contributed by atoms with Crippen molar-refractivity contribution in [3.63, 3.8) is 0 Å². The van der Waals surface area contributed by atoms with Crippen molar-refractivity contribution >= 4 is 17.6 Å². The fraction of sp³-hybridized carbons (Fsp3) is 0. The predicted octanol–water partition coefficient (Wildman–Crippen LogP) is 3.43. The molecule has 0 unspecified atom stereocenters. The van der Waals surface area contributed by atoms with E-state index in [1.807, 2.05) is 6.07 Å². The molecule has 0 aliphatic carbocycles. The zero-order valence-electron chi connectivity index (χ0n) is 9.26. The van der Waals surface area contributed by atoms with Crippen LogP contribution in [0, 0.1) is 11.3 Å². The van der Waals surface area contributed by atoms with Crippen LogP contribution in [0.15, 0.2) is 48.5 Å². The van der Waals surface area contributed by atoms with Crippen LogP contribution in [0.25, 0.3) is 0 Å². The molecule has 88 valence electrons. The lowest BCUT2D eigenvalue weighted by Gasteiger charge is -2.04. The van der Waals surface area contributed by atoms with Crippen molar-refractivity contribution in [2.24, 2.45) is 0 Å². The Morgan fingerprint density at radius 1 is 1.17 bits per heavy atom. The molecule has 2 aromatic rings. The molecule has 0 aliphatic heterocycles. The van der Waals surface area contributed by atoms with Crippen LogP contribution in [0.1, 0.15) is 15.9 Å². The van der Waals surface area contributed by atoms with Crippen molar-refractivity contribution in [2.45, 2.75) is 0 Å². The van der Waals surface area contributed by atoms with E-state index in [9.17, 15) is 4.79 Å². The van der Waals surface area contributed by atoms with Gasteiger partial charge in [-0.1, -0.05) is 17.7 Å². The fourth-order valence-corrected chi connectivity index (χ4v) is 1.56. The summed E-state index contributed by atoms with van der Waals surface area (Å²) in [6.07, 6.45) is 0. The smallest absolute Gasteiger partial charge is 0.343 e. The molecular formula is C14H8ClNO2. The third-order valence-corrected chi connectivity index (χ3v) is 2.49. The van der Waals surface area contributed by atoms with E-state index in [4.69, 9.17) is 21.6 Å². The first-order valence-corrected chi connectivity index (χ1v) is 5.55. The Morgan fingerprint density at radius 3 is 2.50 bits per heavy atom. The van der Waals surface area contributed by atoms with E-state index in [1.165, 1.54) is 0 Å². The van der Waals surface area contributed by atoms with Gasteiger partial charge in [0.25, 0.3) is 0 Å². The second-order valence-electron chi connectivity index (χ2n) is 3.54. The molecule has 3 nitrogen and oxygen atoms in total. The number of carbonyl (C=O) groups excluding carboxylic acids is 1. The molecule has 0 amide bonds. The summed E-state index contributed by atoms with van der Waals surface area (Å²) < 4.78 is 5.15. The Labute approximate surface area is 109 Å². The number of halogens is 1. The third kappa shape index (κ3) is 2.88. The molecule has 0 bridgehead atoms. The summed E-state index contributed by atoms with van der Waals surface area (Å²) in [5.41, 5.74) is 0.878. The van der Waals surface area contributed by atoms with E-state index in [2.05, 4.69) is 0 Å². The SMILES string of the molecule is N#Cc1ccc(C(=O)Oc2cccc(Cl)c2)cc1. The van der Waals surface area contributed by atoms with Crippen LogP contribution in [0.3, 0.4) is 0 Å². The van der Waals surface area contributed by atoms with Crippen molar-refractivity contribution in [3.8, 4) is 11.8 Å². The number of carbonyl (C=O) groups is 1. The van der Waals surface area contributed by atoms with E-state index in [1.54, 1.807) is 48.5 Å². The summed E-state index contributed by atoms with van der Waals surface area (Å²) in [6, 6.07) is 14.8. The van der Waals surface area contributed by atoms with Gasteiger partial charge in [-0.2, -0.15) is 5.26 Å². The summed E-state index contributed by atoms with van der Waals surface area (Å²) in [6.45, 7) is 0. The van der Waals surface area contributed by atoms with E-state index in [-0.39, 0.29) is 0 Å². The van der Waals surface area contributed by atoms with Gasteiger partial charge in [-0.05, 0) is 42.5 Å². The Bertz CT molecular complexity index is 614. The van der Waals surface area contributed by atoms with Crippen LogP contribution in [0.2, 0.25) is 5.02 Å². The first-order valence-electron chi connectivity index (χ1n) is 5.17. The van der Waals surface area contributed by atoms with Crippen LogP contribution < -0.4 is 4.74 Å². The highest BCUT2D eigenvalue weighted by Gasteiger charge is 2.08. The molecule has 4 heteroatoms. The highest BCUT2D eigenvalue weighted by Crippen LogP contribution is 2.18. The van der Waals surface area contributed by atoms with Gasteiger partial charge < -0.3 is 4.74 Å². The van der Waals surface area contributed by atoms with E-state index >= 15 is 0 Å². The molecule has 0 saturated carbocycles. The van der Waals surface area contributed by atoms with Gasteiger partial charge in [-0.3, -0.25) is 0 Å². The largest absolute Gasteiger partial charge is 0.423 e. The summed E-state index contributed by atoms with van der Waals surface area (Å²) in [5.74, 6) is -0.0985. The maximum Gasteiger partial charge on any atom is 0.343 e. The van der Waals surface area contributed by atoms with Gasteiger partial charge >= 0.3 is 5.97 Å². The average Bonchev–Trinajstić information content (AvgIpc) is 2.39. The minimum Gasteiger partial charge on any atom is -0.423 e. The molecule has 2 rings (SSSR count). The number of benzene rings is 2. The second kappa shape index (κ2) is 5.35. The third-order valence-electron chi connectivity index (χ3n) is 2.26. The number of hydrogen-bond acceptors (Lipinski definition) is 3. The van der Waals surface area contributed by atoms with Crippen LogP contribution in [-0.4, -0.2) is 5.97 Å². The summed E-state index contributed by atoms with van der Waals surface area (Å²) in [5, 5.41) is 9.15. The van der Waals surface area contributed by atoms with Gasteiger partial charge in [0.15, 0.2) is 0 Å². The molecule has 0 fully saturated rings. The number of nitrogens with zero attached hydrogens (tertiary/aromatic N) is 1. The van der Waals surface area contributed by atoms with Crippen molar-refractivity contribution in [3.05, 3.63) is 64.7 Å². The highest BCUT2D eigenvalue weighted by molar-refractivity contribution is 6.30. The minimum atomic E-state index is -0.484. The lowest BCUT2D eigenvalue weighted by Crippen LogP contribution is -2.08. The van der Waals surface area contributed by atoms with Gasteiger partial charge in [0.1, 0.15) is 5.75 Å². The van der Waals surface area contributed by atoms with Crippen LogP contribution in [-0.2, 0) is 0 Å². The quantitative estimate of drug-likeness (QED) is 0.612. The lowest BCUT2D eigenvalue weighted by atomic mass is 10.1. The Morgan fingerprint density at radius 2 is 1.89 bits per heavy atom. The van der Waals surface area contributed by atoms with Gasteiger partial charge in [-0.15, -0.1) is 0 Å². The van der Waals surface area contributed by atoms with Crippen LogP contribution >= 0.6 is 11.6 Å². The second-order valence-corrected chi connectivity index (χ2v) is 3.97. The number of esters is 1. The van der Waals surface area contributed by atoms with Crippen molar-refractivity contribution in [1.82, 2.24) is 0 Å². The zero-order valence-corrected chi connectivity index (χ0v) is 10.0. The van der Waals surface area contributed by atoms with Gasteiger partial charge in [0.05, 0.1) is 17.2 Å². The van der Waals surface area contributed by atoms with Crippen LogP contribution in [0.4, 0.5) is 0 Å². The Balaban J connectivity index is 2.14. The lowest BCUT2D eigenvalue weighted by molar-refractivity contribution is 0.0735. The van der Waals surface area contributed by atoms with E-state index in [0.717, 1.165) is 0 Å². The summed E-state index contributed by atoms with van der Waals surface area (Å²) in [7, 11) is 0. The minimum absolute atomic E-state index is 0.383. The molecule has 0 radical (unpaired) electrons. The molecule has 0 heterocycles. The topological polar surface area (TPSA) is 50.1 Å². The first kappa shape index (κ1) is 12.2. The molecular weight excluding hydrogens is 250 g/mol. The van der Waals surface area contributed by atoms with Gasteiger partial charge in [0.2, 0.25) is 0 Å². The molecule has 0 aromatic heterocycles. The number of hydrogen-bond donors (Lipinski definition) is 0. The summed E-state index contributed by atoms with van der Waals surface area (Å²) >= 11 is 5.79. The normalized spacial score (nSPS) is 9.56. The maximum atomic E-state index is 11.8. The van der Waals surface area contributed by atoms with Gasteiger partial charge in [0, 0.05) is 5.02 Å². The van der Waals surface area contributed by atoms with Crippen molar-refractivity contribution in [1.29, 1.82) is 5.26 Å². The Hall–Kier alpha value is -2.31. The highest BCUT2D eigenvalue weighted by atomic mass is 35.5. The number of nitriles is 1. The molecule has 0 saturated heterocycles. The van der Waals surface area contributed by atoms with E-state index in [0.29, 0.717) is 21.9 Å². The van der Waals surface area contributed by atoms with Gasteiger partial charge in [-0.25, -0.2) is 4.79 Å². The summed E-state index contributed by atoms with van der Waals surface area (Å²) in [4.78, 5) is 11.8. The Kier molecular flexibility index (Phi) is 3.61. The van der Waals surface area contributed by atoms with Crippen molar-refractivity contribution < 1.29 is 9.53 Å². The number of rotatable bonds is 2. The van der Waals surface area contributed by atoms with Crippen LogP contribution in [0.5, 0.6) is 5.75 Å². The van der Waals surface area contributed by atoms with E-state index < -0.39 is 5.97 Å². The molecule has 18 heavy (non-hydrogen) atoms. The predicted molar refractivity (Wildman–Crippen MR) is 67.6 cm³/mol.